The van der Waals surface area contributed by atoms with Gasteiger partial charge in [0.05, 0.1) is 17.2 Å². The molecule has 1 aromatic carbocycles. The third-order valence-corrected chi connectivity index (χ3v) is 2.66. The van der Waals surface area contributed by atoms with Crippen molar-refractivity contribution in [1.82, 2.24) is 14.9 Å². The first kappa shape index (κ1) is 10.8. The molecule has 4 heteroatoms. The largest absolute Gasteiger partial charge is 0.318 e. The predicted molar refractivity (Wildman–Crippen MR) is 64.7 cm³/mol. The van der Waals surface area contributed by atoms with Gasteiger partial charge < -0.3 is 5.32 Å². The van der Waals surface area contributed by atoms with E-state index in [1.165, 1.54) is 0 Å². The lowest BCUT2D eigenvalue weighted by molar-refractivity contribution is 0.621. The van der Waals surface area contributed by atoms with Gasteiger partial charge in [-0.3, -0.25) is 9.36 Å². The zero-order valence-corrected chi connectivity index (χ0v) is 9.53. The van der Waals surface area contributed by atoms with Gasteiger partial charge in [0.1, 0.15) is 0 Å². The molecule has 0 amide bonds. The van der Waals surface area contributed by atoms with Gasteiger partial charge in [0, 0.05) is 13.1 Å². The van der Waals surface area contributed by atoms with Crippen LogP contribution < -0.4 is 10.9 Å². The van der Waals surface area contributed by atoms with Crippen LogP contribution in [0.2, 0.25) is 0 Å². The van der Waals surface area contributed by atoms with Crippen molar-refractivity contribution in [2.24, 2.45) is 0 Å². The fourth-order valence-electron chi connectivity index (χ4n) is 1.76. The molecule has 2 rings (SSSR count). The predicted octanol–water partition coefficient (Wildman–Crippen LogP) is 0.924. The van der Waals surface area contributed by atoms with E-state index < -0.39 is 0 Å². The smallest absolute Gasteiger partial charge is 0.261 e. The molecule has 0 atom stereocenters. The van der Waals surface area contributed by atoms with Crippen LogP contribution in [-0.4, -0.2) is 23.1 Å². The van der Waals surface area contributed by atoms with Crippen LogP contribution in [0.1, 0.15) is 5.56 Å². The molecule has 16 heavy (non-hydrogen) atoms. The first-order valence-corrected chi connectivity index (χ1v) is 5.33. The molecule has 0 aliphatic heterocycles. The van der Waals surface area contributed by atoms with Crippen LogP contribution in [0.3, 0.4) is 0 Å². The topological polar surface area (TPSA) is 46.9 Å². The van der Waals surface area contributed by atoms with E-state index in [9.17, 15) is 4.79 Å². The Kier molecular flexibility index (Phi) is 3.01. The van der Waals surface area contributed by atoms with Crippen molar-refractivity contribution in [3.05, 3.63) is 40.4 Å². The molecular formula is C12H15N3O. The molecule has 0 saturated heterocycles. The maximum Gasteiger partial charge on any atom is 0.261 e. The fourth-order valence-corrected chi connectivity index (χ4v) is 1.76. The lowest BCUT2D eigenvalue weighted by atomic mass is 10.1. The van der Waals surface area contributed by atoms with E-state index in [-0.39, 0.29) is 5.56 Å². The number of aromatic nitrogens is 2. The van der Waals surface area contributed by atoms with Gasteiger partial charge in [-0.1, -0.05) is 12.1 Å². The van der Waals surface area contributed by atoms with Crippen LogP contribution in [0.25, 0.3) is 10.9 Å². The summed E-state index contributed by atoms with van der Waals surface area (Å²) in [5, 5.41) is 3.74. The molecule has 84 valence electrons. The first-order chi connectivity index (χ1) is 7.74. The van der Waals surface area contributed by atoms with E-state index in [0.717, 1.165) is 23.0 Å². The summed E-state index contributed by atoms with van der Waals surface area (Å²) in [4.78, 5) is 16.4. The number of hydrogen-bond donors (Lipinski definition) is 1. The molecule has 0 aliphatic rings. The summed E-state index contributed by atoms with van der Waals surface area (Å²) in [6.45, 7) is 3.35. The summed E-state index contributed by atoms with van der Waals surface area (Å²) < 4.78 is 1.64. The zero-order chi connectivity index (χ0) is 11.5. The van der Waals surface area contributed by atoms with Gasteiger partial charge in [-0.05, 0) is 25.6 Å². The van der Waals surface area contributed by atoms with Crippen LogP contribution >= 0.6 is 0 Å². The monoisotopic (exact) mass is 217 g/mol. The minimum absolute atomic E-state index is 0.0401. The van der Waals surface area contributed by atoms with Gasteiger partial charge in [-0.15, -0.1) is 0 Å². The highest BCUT2D eigenvalue weighted by Crippen LogP contribution is 2.10. The van der Waals surface area contributed by atoms with Crippen molar-refractivity contribution < 1.29 is 0 Å². The highest BCUT2D eigenvalue weighted by molar-refractivity contribution is 5.80. The third-order valence-electron chi connectivity index (χ3n) is 2.66. The molecule has 0 bridgehead atoms. The van der Waals surface area contributed by atoms with Gasteiger partial charge in [0.2, 0.25) is 0 Å². The van der Waals surface area contributed by atoms with Crippen LogP contribution in [0.5, 0.6) is 0 Å². The second kappa shape index (κ2) is 4.45. The highest BCUT2D eigenvalue weighted by atomic mass is 16.1. The maximum absolute atomic E-state index is 12.2. The SMILES string of the molecule is CNCCn1cnc2cccc(C)c2c1=O. The number of benzene rings is 1. The van der Waals surface area contributed by atoms with E-state index >= 15 is 0 Å². The fraction of sp³-hybridized carbons (Fsp3) is 0.333. The lowest BCUT2D eigenvalue weighted by Crippen LogP contribution is -2.26. The Bertz CT molecular complexity index is 560. The quantitative estimate of drug-likeness (QED) is 0.831. The van der Waals surface area contributed by atoms with Crippen molar-refractivity contribution in [3.63, 3.8) is 0 Å². The van der Waals surface area contributed by atoms with Crippen molar-refractivity contribution in [1.29, 1.82) is 0 Å². The van der Waals surface area contributed by atoms with E-state index in [1.54, 1.807) is 10.9 Å². The summed E-state index contributed by atoms with van der Waals surface area (Å²) in [7, 11) is 1.87. The molecule has 0 spiro atoms. The molecule has 1 N–H and O–H groups in total. The average Bonchev–Trinajstić information content (AvgIpc) is 2.28. The Labute approximate surface area is 93.9 Å². The Balaban J connectivity index is 2.60. The molecule has 0 aliphatic carbocycles. The Morgan fingerprint density at radius 3 is 3.00 bits per heavy atom. The zero-order valence-electron chi connectivity index (χ0n) is 9.53. The van der Waals surface area contributed by atoms with Crippen molar-refractivity contribution in [2.45, 2.75) is 13.5 Å². The second-order valence-electron chi connectivity index (χ2n) is 3.82. The Morgan fingerprint density at radius 2 is 2.25 bits per heavy atom. The maximum atomic E-state index is 12.2. The van der Waals surface area contributed by atoms with E-state index in [2.05, 4.69) is 10.3 Å². The molecule has 2 aromatic rings. The number of hydrogen-bond acceptors (Lipinski definition) is 3. The van der Waals surface area contributed by atoms with Gasteiger partial charge in [-0.2, -0.15) is 0 Å². The Hall–Kier alpha value is -1.68. The standard InChI is InChI=1S/C12H15N3O/c1-9-4-3-5-10-11(9)12(16)15(8-14-10)7-6-13-2/h3-5,8,13H,6-7H2,1-2H3. The number of rotatable bonds is 3. The molecule has 1 heterocycles. The number of nitrogens with one attached hydrogen (secondary N) is 1. The molecular weight excluding hydrogens is 202 g/mol. The van der Waals surface area contributed by atoms with Crippen LogP contribution in [0, 0.1) is 6.92 Å². The molecule has 0 unspecified atom stereocenters. The van der Waals surface area contributed by atoms with Gasteiger partial charge in [0.15, 0.2) is 0 Å². The lowest BCUT2D eigenvalue weighted by Gasteiger charge is -2.07. The van der Waals surface area contributed by atoms with Gasteiger partial charge >= 0.3 is 0 Å². The number of likely N-dealkylation sites (N-methyl/N-ethyl adjacent to an activating group) is 1. The summed E-state index contributed by atoms with van der Waals surface area (Å²) in [6, 6.07) is 5.72. The molecule has 0 fully saturated rings. The van der Waals surface area contributed by atoms with E-state index in [0.29, 0.717) is 6.54 Å². The van der Waals surface area contributed by atoms with Crippen LogP contribution in [0.4, 0.5) is 0 Å². The Morgan fingerprint density at radius 1 is 1.44 bits per heavy atom. The number of nitrogens with zero attached hydrogens (tertiary/aromatic N) is 2. The van der Waals surface area contributed by atoms with Crippen molar-refractivity contribution in [2.75, 3.05) is 13.6 Å². The van der Waals surface area contributed by atoms with E-state index in [4.69, 9.17) is 0 Å². The third kappa shape index (κ3) is 1.84. The van der Waals surface area contributed by atoms with Gasteiger partial charge in [0.25, 0.3) is 5.56 Å². The molecule has 1 aromatic heterocycles. The minimum Gasteiger partial charge on any atom is -0.318 e. The van der Waals surface area contributed by atoms with Crippen LogP contribution in [0.15, 0.2) is 29.3 Å². The second-order valence-corrected chi connectivity index (χ2v) is 3.82. The highest BCUT2D eigenvalue weighted by Gasteiger charge is 2.05. The normalized spacial score (nSPS) is 10.9. The minimum atomic E-state index is 0.0401. The summed E-state index contributed by atoms with van der Waals surface area (Å²) in [5.74, 6) is 0. The van der Waals surface area contributed by atoms with Gasteiger partial charge in [-0.25, -0.2) is 4.98 Å². The summed E-state index contributed by atoms with van der Waals surface area (Å²) >= 11 is 0. The van der Waals surface area contributed by atoms with Crippen molar-refractivity contribution >= 4 is 10.9 Å². The molecule has 4 nitrogen and oxygen atoms in total. The number of aryl methyl sites for hydroxylation is 1. The van der Waals surface area contributed by atoms with Crippen LogP contribution in [-0.2, 0) is 6.54 Å². The van der Waals surface area contributed by atoms with Crippen molar-refractivity contribution in [3.8, 4) is 0 Å². The summed E-state index contributed by atoms with van der Waals surface area (Å²) in [5.41, 5.74) is 1.79. The number of fused-ring (bicyclic) bond motifs is 1. The molecule has 0 saturated carbocycles. The summed E-state index contributed by atoms with van der Waals surface area (Å²) in [6.07, 6.45) is 1.61. The average molecular weight is 217 g/mol. The van der Waals surface area contributed by atoms with E-state index in [1.807, 2.05) is 32.2 Å². The molecule has 0 radical (unpaired) electrons. The first-order valence-electron chi connectivity index (χ1n) is 5.33.